The van der Waals surface area contributed by atoms with Gasteiger partial charge in [-0.05, 0) is 24.3 Å². The second kappa shape index (κ2) is 6.45. The van der Waals surface area contributed by atoms with E-state index in [-0.39, 0.29) is 0 Å². The van der Waals surface area contributed by atoms with Crippen LogP contribution in [-0.2, 0) is 0 Å². The number of carbonyl (C=O) groups is 1. The van der Waals surface area contributed by atoms with Gasteiger partial charge in [0.25, 0.3) is 5.91 Å². The lowest BCUT2D eigenvalue weighted by atomic mass is 10.2. The number of anilines is 1. The Morgan fingerprint density at radius 3 is 2.24 bits per heavy atom. The highest BCUT2D eigenvalue weighted by Gasteiger charge is 2.13. The van der Waals surface area contributed by atoms with Gasteiger partial charge in [-0.25, -0.2) is 4.39 Å². The number of halogens is 2. The zero-order valence-corrected chi connectivity index (χ0v) is 12.2. The molecule has 0 aliphatic heterocycles. The fraction of sp³-hybridized carbons (Fsp3) is 0.133. The fourth-order valence-corrected chi connectivity index (χ4v) is 1.95. The van der Waals surface area contributed by atoms with Crippen molar-refractivity contribution in [3.63, 3.8) is 0 Å². The van der Waals surface area contributed by atoms with Crippen LogP contribution in [0.1, 0.15) is 10.4 Å². The molecule has 0 fully saturated rings. The maximum atomic E-state index is 12.8. The van der Waals surface area contributed by atoms with Crippen LogP contribution in [0.15, 0.2) is 36.4 Å². The van der Waals surface area contributed by atoms with Crippen molar-refractivity contribution in [1.29, 1.82) is 0 Å². The predicted molar refractivity (Wildman–Crippen MR) is 78.9 cm³/mol. The Morgan fingerprint density at radius 1 is 1.10 bits per heavy atom. The van der Waals surface area contributed by atoms with Crippen molar-refractivity contribution >= 4 is 23.2 Å². The number of nitrogens with one attached hydrogen (secondary N) is 1. The molecular weight excluding hydrogens is 297 g/mol. The van der Waals surface area contributed by atoms with E-state index in [1.807, 2.05) is 0 Å². The highest BCUT2D eigenvalue weighted by atomic mass is 35.5. The molecule has 110 valence electrons. The molecule has 0 heterocycles. The Labute approximate surface area is 126 Å². The van der Waals surface area contributed by atoms with Crippen molar-refractivity contribution in [3.05, 3.63) is 52.8 Å². The molecule has 2 aromatic carbocycles. The number of ether oxygens (including phenoxy) is 2. The first-order chi connectivity index (χ1) is 10.0. The van der Waals surface area contributed by atoms with E-state index in [0.717, 1.165) is 0 Å². The van der Waals surface area contributed by atoms with Crippen LogP contribution in [0.3, 0.4) is 0 Å². The minimum Gasteiger partial charge on any atom is -0.493 e. The molecule has 0 radical (unpaired) electrons. The molecule has 0 saturated carbocycles. The van der Waals surface area contributed by atoms with Crippen LogP contribution in [-0.4, -0.2) is 20.1 Å². The molecule has 0 spiro atoms. The summed E-state index contributed by atoms with van der Waals surface area (Å²) in [5.74, 6) is 0.0957. The Kier molecular flexibility index (Phi) is 4.65. The third-order valence-electron chi connectivity index (χ3n) is 2.83. The second-order valence-corrected chi connectivity index (χ2v) is 4.56. The number of hydrogen-bond acceptors (Lipinski definition) is 3. The van der Waals surface area contributed by atoms with Crippen LogP contribution in [0.25, 0.3) is 0 Å². The molecule has 0 unspecified atom stereocenters. The van der Waals surface area contributed by atoms with Gasteiger partial charge in [0.05, 0.1) is 24.9 Å². The summed E-state index contributed by atoms with van der Waals surface area (Å²) in [5.41, 5.74) is 0.700. The molecule has 0 saturated heterocycles. The summed E-state index contributed by atoms with van der Waals surface area (Å²) < 4.78 is 23.1. The third kappa shape index (κ3) is 3.44. The van der Waals surface area contributed by atoms with Gasteiger partial charge in [-0.1, -0.05) is 11.6 Å². The SMILES string of the molecule is COc1cc(Cl)c(NC(=O)c2ccc(F)cc2)cc1OC. The van der Waals surface area contributed by atoms with Crippen molar-refractivity contribution in [2.45, 2.75) is 0 Å². The molecule has 0 atom stereocenters. The summed E-state index contributed by atoms with van der Waals surface area (Å²) in [5, 5.41) is 2.95. The molecule has 0 bridgehead atoms. The van der Waals surface area contributed by atoms with Crippen molar-refractivity contribution in [1.82, 2.24) is 0 Å². The van der Waals surface area contributed by atoms with E-state index in [4.69, 9.17) is 21.1 Å². The van der Waals surface area contributed by atoms with Gasteiger partial charge < -0.3 is 14.8 Å². The Bertz CT molecular complexity index is 659. The van der Waals surface area contributed by atoms with Crippen molar-refractivity contribution in [2.75, 3.05) is 19.5 Å². The molecule has 0 aromatic heterocycles. The smallest absolute Gasteiger partial charge is 0.255 e. The molecule has 6 heteroatoms. The van der Waals surface area contributed by atoms with Gasteiger partial charge in [-0.2, -0.15) is 0 Å². The monoisotopic (exact) mass is 309 g/mol. The zero-order valence-electron chi connectivity index (χ0n) is 11.4. The predicted octanol–water partition coefficient (Wildman–Crippen LogP) is 3.75. The molecule has 21 heavy (non-hydrogen) atoms. The van der Waals surface area contributed by atoms with Crippen molar-refractivity contribution < 1.29 is 18.7 Å². The molecule has 2 aromatic rings. The number of amides is 1. The first-order valence-corrected chi connectivity index (χ1v) is 6.41. The standard InChI is InChI=1S/C15H13ClFNO3/c1-20-13-7-11(16)12(8-14(13)21-2)18-15(19)9-3-5-10(17)6-4-9/h3-8H,1-2H3,(H,18,19). The van der Waals surface area contributed by atoms with Gasteiger partial charge in [-0.15, -0.1) is 0 Å². The summed E-state index contributed by atoms with van der Waals surface area (Å²) >= 11 is 6.08. The van der Waals surface area contributed by atoms with E-state index in [1.165, 1.54) is 38.5 Å². The Hall–Kier alpha value is -2.27. The van der Waals surface area contributed by atoms with E-state index >= 15 is 0 Å². The van der Waals surface area contributed by atoms with E-state index in [1.54, 1.807) is 12.1 Å². The molecule has 1 amide bonds. The Morgan fingerprint density at radius 2 is 1.67 bits per heavy atom. The molecular formula is C15H13ClFNO3. The first kappa shape index (κ1) is 15.1. The van der Waals surface area contributed by atoms with Gasteiger partial charge in [-0.3, -0.25) is 4.79 Å². The van der Waals surface area contributed by atoms with Crippen LogP contribution in [0.5, 0.6) is 11.5 Å². The van der Waals surface area contributed by atoms with Crippen molar-refractivity contribution in [3.8, 4) is 11.5 Å². The van der Waals surface area contributed by atoms with E-state index < -0.39 is 11.7 Å². The van der Waals surface area contributed by atoms with E-state index in [0.29, 0.717) is 27.8 Å². The first-order valence-electron chi connectivity index (χ1n) is 6.03. The summed E-state index contributed by atoms with van der Waals surface area (Å²) in [4.78, 5) is 12.1. The van der Waals surface area contributed by atoms with Crippen LogP contribution in [0, 0.1) is 5.82 Å². The number of hydrogen-bond donors (Lipinski definition) is 1. The fourth-order valence-electron chi connectivity index (χ4n) is 1.75. The minimum absolute atomic E-state index is 0.308. The average Bonchev–Trinajstić information content (AvgIpc) is 2.49. The molecule has 4 nitrogen and oxygen atoms in total. The lowest BCUT2D eigenvalue weighted by Gasteiger charge is -2.12. The van der Waals surface area contributed by atoms with Crippen LogP contribution in [0.2, 0.25) is 5.02 Å². The second-order valence-electron chi connectivity index (χ2n) is 4.15. The van der Waals surface area contributed by atoms with E-state index in [2.05, 4.69) is 5.32 Å². The van der Waals surface area contributed by atoms with Crippen LogP contribution in [0.4, 0.5) is 10.1 Å². The van der Waals surface area contributed by atoms with Gasteiger partial charge in [0.2, 0.25) is 0 Å². The molecule has 2 rings (SSSR count). The normalized spacial score (nSPS) is 10.1. The topological polar surface area (TPSA) is 47.6 Å². The van der Waals surface area contributed by atoms with Gasteiger partial charge in [0.15, 0.2) is 11.5 Å². The summed E-state index contributed by atoms with van der Waals surface area (Å²) in [6, 6.07) is 8.30. The lowest BCUT2D eigenvalue weighted by Crippen LogP contribution is -2.12. The summed E-state index contributed by atoms with van der Waals surface area (Å²) in [7, 11) is 2.97. The third-order valence-corrected chi connectivity index (χ3v) is 3.14. The maximum absolute atomic E-state index is 12.8. The number of methoxy groups -OCH3 is 2. The van der Waals surface area contributed by atoms with Gasteiger partial charge in [0, 0.05) is 17.7 Å². The van der Waals surface area contributed by atoms with Crippen LogP contribution >= 0.6 is 11.6 Å². The number of carbonyl (C=O) groups excluding carboxylic acids is 1. The largest absolute Gasteiger partial charge is 0.493 e. The lowest BCUT2D eigenvalue weighted by molar-refractivity contribution is 0.102. The van der Waals surface area contributed by atoms with E-state index in [9.17, 15) is 9.18 Å². The summed E-state index contributed by atoms with van der Waals surface area (Å²) in [6.45, 7) is 0. The molecule has 0 aliphatic rings. The Balaban J connectivity index is 2.26. The number of benzene rings is 2. The highest BCUT2D eigenvalue weighted by molar-refractivity contribution is 6.34. The van der Waals surface area contributed by atoms with Crippen LogP contribution < -0.4 is 14.8 Å². The maximum Gasteiger partial charge on any atom is 0.255 e. The molecule has 0 aliphatic carbocycles. The van der Waals surface area contributed by atoms with Gasteiger partial charge >= 0.3 is 0 Å². The molecule has 1 N–H and O–H groups in total. The number of rotatable bonds is 4. The quantitative estimate of drug-likeness (QED) is 0.935. The average molecular weight is 310 g/mol. The summed E-state index contributed by atoms with van der Waals surface area (Å²) in [6.07, 6.45) is 0. The highest BCUT2D eigenvalue weighted by Crippen LogP contribution is 2.36. The van der Waals surface area contributed by atoms with Crippen molar-refractivity contribution in [2.24, 2.45) is 0 Å². The minimum atomic E-state index is -0.407. The van der Waals surface area contributed by atoms with Gasteiger partial charge in [0.1, 0.15) is 5.82 Å². The zero-order chi connectivity index (χ0) is 15.4.